The number of nitrogens with zero attached hydrogens (tertiary/aromatic N) is 2. The molecule has 0 unspecified atom stereocenters. The predicted molar refractivity (Wildman–Crippen MR) is 236 cm³/mol. The first kappa shape index (κ1) is 28.2. The van der Waals surface area contributed by atoms with Crippen molar-refractivity contribution < 1.29 is 58.3 Å². The molecule has 0 aliphatic carbocycles. The van der Waals surface area contributed by atoms with E-state index in [0.717, 1.165) is 20.0 Å². The number of aryl methyl sites for hydroxylation is 4. The van der Waals surface area contributed by atoms with Gasteiger partial charge in [0.15, 0.2) is 0 Å². The van der Waals surface area contributed by atoms with Crippen LogP contribution >= 0.6 is 0 Å². The van der Waals surface area contributed by atoms with E-state index in [4.69, 9.17) is 25.0 Å². The molecular formula is C53H49F3IrN2O-2. The zero-order chi connectivity index (χ0) is 54.9. The van der Waals surface area contributed by atoms with Crippen molar-refractivity contribution in [3.8, 4) is 44.8 Å². The Kier molecular flexibility index (Phi) is 8.15. The van der Waals surface area contributed by atoms with Crippen LogP contribution in [0.15, 0.2) is 126 Å². The zero-order valence-corrected chi connectivity index (χ0v) is 35.6. The van der Waals surface area contributed by atoms with E-state index in [0.29, 0.717) is 27.6 Å². The molecule has 0 spiro atoms. The molecule has 309 valence electrons. The molecule has 7 heteroatoms. The number of rotatable bonds is 6. The normalized spacial score (nSPS) is 16.7. The summed E-state index contributed by atoms with van der Waals surface area (Å²) in [4.78, 5) is 8.52. The van der Waals surface area contributed by atoms with Gasteiger partial charge in [-0.25, -0.2) is 0 Å². The quantitative estimate of drug-likeness (QED) is 0.156. The molecule has 1 radical (unpaired) electrons. The van der Waals surface area contributed by atoms with Gasteiger partial charge in [-0.3, -0.25) is 0 Å². The third-order valence-corrected chi connectivity index (χ3v) is 9.79. The molecule has 3 aromatic heterocycles. The number of aromatic nitrogens is 2. The molecule has 3 nitrogen and oxygen atoms in total. The van der Waals surface area contributed by atoms with Crippen LogP contribution in [-0.4, -0.2) is 16.1 Å². The number of alkyl halides is 3. The van der Waals surface area contributed by atoms with E-state index in [1.54, 1.807) is 81.4 Å². The van der Waals surface area contributed by atoms with Crippen LogP contribution in [0.4, 0.5) is 13.2 Å². The number of furan rings is 1. The first-order valence-corrected chi connectivity index (χ1v) is 18.6. The van der Waals surface area contributed by atoms with E-state index >= 15 is 0 Å². The van der Waals surface area contributed by atoms with Gasteiger partial charge in [-0.15, -0.1) is 53.6 Å². The van der Waals surface area contributed by atoms with Gasteiger partial charge in [-0.2, -0.15) is 13.2 Å². The number of fused-ring (bicyclic) bond motifs is 3. The second-order valence-electron chi connectivity index (χ2n) is 15.6. The molecule has 0 bridgehead atoms. The van der Waals surface area contributed by atoms with Crippen molar-refractivity contribution in [3.05, 3.63) is 167 Å². The second-order valence-corrected chi connectivity index (χ2v) is 15.6. The van der Waals surface area contributed by atoms with Crippen LogP contribution in [0, 0.1) is 45.0 Å². The van der Waals surface area contributed by atoms with Crippen molar-refractivity contribution in [2.24, 2.45) is 5.41 Å². The molecule has 0 N–H and O–H groups in total. The Morgan fingerprint density at radius 2 is 1.45 bits per heavy atom. The minimum absolute atomic E-state index is 0. The maximum absolute atomic E-state index is 14.5. The Labute approximate surface area is 386 Å². The van der Waals surface area contributed by atoms with Crippen molar-refractivity contribution in [3.63, 3.8) is 0 Å². The Morgan fingerprint density at radius 3 is 2.10 bits per heavy atom. The average Bonchev–Trinajstić information content (AvgIpc) is 3.68. The van der Waals surface area contributed by atoms with Crippen LogP contribution in [0.3, 0.4) is 0 Å². The topological polar surface area (TPSA) is 38.9 Å². The van der Waals surface area contributed by atoms with E-state index in [1.807, 2.05) is 0 Å². The zero-order valence-electron chi connectivity index (χ0n) is 48.2. The predicted octanol–water partition coefficient (Wildman–Crippen LogP) is 15.0. The van der Waals surface area contributed by atoms with E-state index in [-0.39, 0.29) is 87.0 Å². The molecule has 0 saturated carbocycles. The van der Waals surface area contributed by atoms with Gasteiger partial charge in [0.2, 0.25) is 0 Å². The largest absolute Gasteiger partial charge is 0.500 e. The molecule has 0 aliphatic heterocycles. The van der Waals surface area contributed by atoms with Crippen molar-refractivity contribution in [1.82, 2.24) is 9.97 Å². The molecule has 60 heavy (non-hydrogen) atoms. The maximum Gasteiger partial charge on any atom is 0.397 e. The van der Waals surface area contributed by atoms with Crippen molar-refractivity contribution in [2.75, 3.05) is 0 Å². The van der Waals surface area contributed by atoms with Crippen LogP contribution in [-0.2, 0) is 31.9 Å². The van der Waals surface area contributed by atoms with Gasteiger partial charge in [-0.1, -0.05) is 117 Å². The second kappa shape index (κ2) is 17.3. The van der Waals surface area contributed by atoms with Gasteiger partial charge >= 0.3 is 6.18 Å². The number of hydrogen-bond acceptors (Lipinski definition) is 3. The van der Waals surface area contributed by atoms with Gasteiger partial charge in [0.25, 0.3) is 0 Å². The molecule has 3 heterocycles. The van der Waals surface area contributed by atoms with Crippen LogP contribution < -0.4 is 0 Å². The SMILES string of the molecule is [2H]C([2H])([2H])c1c[c-]c(-c2ccc(C([2H])([2H])[2H])cn2)cc1.[2H]c1cc(C([2H])([2H])C(C)(C)C)cc(C([2H])([2H])[2H])c1-c1cc(-c2[c-]ccc3c2oc2c(-c4ccccc4)c(C(C)(C)C(F)(F)F)ccc23)ncc1C([2H])([2H])[2H].[Ir]. The van der Waals surface area contributed by atoms with E-state index < -0.39 is 62.4 Å². The number of benzene rings is 5. The maximum atomic E-state index is 14.5. The summed E-state index contributed by atoms with van der Waals surface area (Å²) in [6, 6.07) is 31.7. The Bertz CT molecular complexity index is 3300. The standard InChI is InChI=1S/C40H37F3NO.C13H12N.Ir/c1-24-20-26(22-38(3,4)5)16-17-28(24)32-21-34(44-23-25(32)2)31-15-11-14-29-30-18-19-33(39(6,7)40(41,42)43)35(37(30)45-36(29)31)27-12-9-8-10-13-27;1-10-3-6-12(7-4-10)13-8-5-11(2)9-14-13;/h8-14,16-21,23H,22H2,1-7H3;3-6,8-9H,1-2H3;/q2*-1;/i1D3,2D3,17D,22D2;1D3,2D3;. The van der Waals surface area contributed by atoms with E-state index in [9.17, 15) is 13.2 Å². The van der Waals surface area contributed by atoms with Gasteiger partial charge < -0.3 is 14.4 Å². The molecule has 0 aliphatic rings. The minimum Gasteiger partial charge on any atom is -0.500 e. The summed E-state index contributed by atoms with van der Waals surface area (Å²) in [7, 11) is 0. The van der Waals surface area contributed by atoms with Crippen molar-refractivity contribution >= 4 is 21.9 Å². The fourth-order valence-electron chi connectivity index (χ4n) is 6.72. The molecule has 8 rings (SSSR count). The molecule has 0 atom stereocenters. The third-order valence-electron chi connectivity index (χ3n) is 9.79. The summed E-state index contributed by atoms with van der Waals surface area (Å²) >= 11 is 0. The van der Waals surface area contributed by atoms with Crippen molar-refractivity contribution in [2.45, 2.75) is 80.0 Å². The van der Waals surface area contributed by atoms with Crippen LogP contribution in [0.5, 0.6) is 0 Å². The van der Waals surface area contributed by atoms with Gasteiger partial charge in [0.1, 0.15) is 5.58 Å². The summed E-state index contributed by atoms with van der Waals surface area (Å²) in [5.41, 5.74) is -1.36. The smallest absolute Gasteiger partial charge is 0.397 e. The number of pyridine rings is 2. The average molecular weight is 994 g/mol. The molecule has 0 fully saturated rings. The summed E-state index contributed by atoms with van der Waals surface area (Å²) in [5, 5.41) is 1.04. The molecule has 0 amide bonds. The van der Waals surface area contributed by atoms with Crippen LogP contribution in [0.2, 0.25) is 0 Å². The minimum atomic E-state index is -4.60. The van der Waals surface area contributed by atoms with Crippen LogP contribution in [0.1, 0.15) is 88.6 Å². The molecule has 5 aromatic carbocycles. The first-order chi connectivity index (χ1) is 33.9. The molecular weight excluding hydrogens is 930 g/mol. The number of halogens is 3. The molecule has 8 aromatic rings. The van der Waals surface area contributed by atoms with Gasteiger partial charge in [0.05, 0.1) is 12.4 Å². The fourth-order valence-corrected chi connectivity index (χ4v) is 6.72. The Hall–Kier alpha value is -5.36. The fraction of sp³-hybridized carbons (Fsp3) is 0.245. The Balaban J connectivity index is 0.000000365. The first-order valence-electron chi connectivity index (χ1n) is 26.1. The summed E-state index contributed by atoms with van der Waals surface area (Å²) in [5.74, 6) is 0. The summed E-state index contributed by atoms with van der Waals surface area (Å²) in [6.45, 7) is -2.86. The summed E-state index contributed by atoms with van der Waals surface area (Å²) < 4.78 is 170. The monoisotopic (exact) mass is 994 g/mol. The number of hydrogen-bond donors (Lipinski definition) is 0. The molecule has 0 saturated heterocycles. The third kappa shape index (κ3) is 9.18. The van der Waals surface area contributed by atoms with Gasteiger partial charge in [0, 0.05) is 62.6 Å². The summed E-state index contributed by atoms with van der Waals surface area (Å²) in [6.07, 6.45) is -4.28. The van der Waals surface area contributed by atoms with Crippen molar-refractivity contribution in [1.29, 1.82) is 0 Å². The van der Waals surface area contributed by atoms with Gasteiger partial charge in [-0.05, 0) is 102 Å². The van der Waals surface area contributed by atoms with E-state index in [2.05, 4.69) is 22.1 Å². The Morgan fingerprint density at radius 1 is 0.717 bits per heavy atom. The van der Waals surface area contributed by atoms with E-state index in [1.165, 1.54) is 48.7 Å². The van der Waals surface area contributed by atoms with Crippen LogP contribution in [0.25, 0.3) is 66.7 Å².